The van der Waals surface area contributed by atoms with E-state index in [1.165, 1.54) is 6.42 Å². The molecule has 0 saturated heterocycles. The van der Waals surface area contributed by atoms with Gasteiger partial charge in [-0.3, -0.25) is 4.79 Å². The summed E-state index contributed by atoms with van der Waals surface area (Å²) in [5, 5.41) is 9.01. The van der Waals surface area contributed by atoms with Gasteiger partial charge in [-0.05, 0) is 55.8 Å². The molecular weight excluding hydrogens is 212 g/mol. The zero-order valence-corrected chi connectivity index (χ0v) is 9.59. The number of rotatable bonds is 2. The second-order valence-electron chi connectivity index (χ2n) is 6.18. The quantitative estimate of drug-likeness (QED) is 0.738. The van der Waals surface area contributed by atoms with E-state index in [0.717, 1.165) is 32.1 Å². The van der Waals surface area contributed by atoms with Gasteiger partial charge in [-0.1, -0.05) is 0 Å². The first-order chi connectivity index (χ1) is 6.99. The Kier molecular flexibility index (Phi) is 1.93. The van der Waals surface area contributed by atoms with Gasteiger partial charge in [0.15, 0.2) is 0 Å². The molecule has 0 heterocycles. The molecule has 0 unspecified atom stereocenters. The Morgan fingerprint density at radius 1 is 1.27 bits per heavy atom. The van der Waals surface area contributed by atoms with Crippen LogP contribution in [0.25, 0.3) is 0 Å². The molecule has 0 spiro atoms. The maximum Gasteiger partial charge on any atom is 0.303 e. The van der Waals surface area contributed by atoms with E-state index in [-0.39, 0.29) is 10.3 Å². The molecule has 4 rings (SSSR count). The fraction of sp³-hybridized carbons (Fsp3) is 0.917. The first-order valence-electron chi connectivity index (χ1n) is 5.89. The summed E-state index contributed by atoms with van der Waals surface area (Å²) in [4.78, 5) is 10.9. The number of carboxylic acid groups (broad SMARTS) is 1. The Labute approximate surface area is 95.0 Å². The third kappa shape index (κ3) is 1.57. The van der Waals surface area contributed by atoms with Crippen LogP contribution in [-0.4, -0.2) is 16.0 Å². The second kappa shape index (κ2) is 2.91. The molecule has 0 aliphatic heterocycles. The molecule has 2 atom stereocenters. The third-order valence-electron chi connectivity index (χ3n) is 4.64. The average molecular weight is 229 g/mol. The standard InChI is InChI=1S/C12H17ClO2/c13-12-4-8-1-9(5-12)3-11(2-8,7-12)6-10(14)15/h8-9H,1-7H2,(H,14,15)/t8-,9-,11?,12?/m1/s1. The van der Waals surface area contributed by atoms with Gasteiger partial charge in [0, 0.05) is 4.87 Å². The molecule has 1 N–H and O–H groups in total. The fourth-order valence-corrected chi connectivity index (χ4v) is 5.58. The zero-order chi connectivity index (χ0) is 10.7. The van der Waals surface area contributed by atoms with Gasteiger partial charge in [-0.2, -0.15) is 0 Å². The summed E-state index contributed by atoms with van der Waals surface area (Å²) in [5.41, 5.74) is 0.0532. The smallest absolute Gasteiger partial charge is 0.303 e. The van der Waals surface area contributed by atoms with Crippen LogP contribution in [0.2, 0.25) is 0 Å². The van der Waals surface area contributed by atoms with Crippen molar-refractivity contribution in [2.45, 2.75) is 49.8 Å². The second-order valence-corrected chi connectivity index (χ2v) is 6.98. The monoisotopic (exact) mass is 228 g/mol. The van der Waals surface area contributed by atoms with Crippen molar-refractivity contribution < 1.29 is 9.90 Å². The lowest BCUT2D eigenvalue weighted by Crippen LogP contribution is -2.53. The molecule has 2 nitrogen and oxygen atoms in total. The molecule has 3 heteroatoms. The zero-order valence-electron chi connectivity index (χ0n) is 8.84. The molecule has 4 fully saturated rings. The van der Waals surface area contributed by atoms with Crippen LogP contribution in [0.15, 0.2) is 0 Å². The molecule has 0 amide bonds. The molecule has 0 aromatic heterocycles. The average Bonchev–Trinajstić information content (AvgIpc) is 1.94. The number of aliphatic carboxylic acids is 1. The van der Waals surface area contributed by atoms with Crippen LogP contribution >= 0.6 is 11.6 Å². The highest BCUT2D eigenvalue weighted by atomic mass is 35.5. The summed E-state index contributed by atoms with van der Waals surface area (Å²) in [6, 6.07) is 0. The van der Waals surface area contributed by atoms with Crippen LogP contribution in [0.1, 0.15) is 44.9 Å². The SMILES string of the molecule is O=C(O)CC12C[C@H]3C[C@@H](CC(Cl)(C3)C1)C2. The van der Waals surface area contributed by atoms with E-state index in [0.29, 0.717) is 18.3 Å². The molecule has 0 aromatic carbocycles. The molecule has 84 valence electrons. The number of carbonyl (C=O) groups is 1. The largest absolute Gasteiger partial charge is 0.481 e. The molecule has 4 aliphatic rings. The minimum Gasteiger partial charge on any atom is -0.481 e. The van der Waals surface area contributed by atoms with Gasteiger partial charge in [0.1, 0.15) is 0 Å². The van der Waals surface area contributed by atoms with Crippen molar-refractivity contribution in [1.82, 2.24) is 0 Å². The first kappa shape index (κ1) is 9.95. The summed E-state index contributed by atoms with van der Waals surface area (Å²) in [5.74, 6) is 0.781. The highest BCUT2D eigenvalue weighted by Gasteiger charge is 2.57. The van der Waals surface area contributed by atoms with Gasteiger partial charge in [0.25, 0.3) is 0 Å². The van der Waals surface area contributed by atoms with Crippen LogP contribution in [0.3, 0.4) is 0 Å². The first-order valence-corrected chi connectivity index (χ1v) is 6.27. The highest BCUT2D eigenvalue weighted by Crippen LogP contribution is 2.64. The van der Waals surface area contributed by atoms with E-state index >= 15 is 0 Å². The van der Waals surface area contributed by atoms with Crippen molar-refractivity contribution in [3.63, 3.8) is 0 Å². The van der Waals surface area contributed by atoms with E-state index in [2.05, 4.69) is 0 Å². The van der Waals surface area contributed by atoms with Crippen molar-refractivity contribution >= 4 is 17.6 Å². The summed E-state index contributed by atoms with van der Waals surface area (Å²) >= 11 is 6.61. The lowest BCUT2D eigenvalue weighted by Gasteiger charge is -2.59. The number of carboxylic acids is 1. The van der Waals surface area contributed by atoms with Gasteiger partial charge >= 0.3 is 5.97 Å². The molecule has 4 saturated carbocycles. The van der Waals surface area contributed by atoms with E-state index in [1.807, 2.05) is 0 Å². The number of halogens is 1. The molecule has 4 aliphatic carbocycles. The van der Waals surface area contributed by atoms with Gasteiger partial charge in [-0.15, -0.1) is 11.6 Å². The summed E-state index contributed by atoms with van der Waals surface area (Å²) in [6.45, 7) is 0. The lowest BCUT2D eigenvalue weighted by molar-refractivity contribution is -0.144. The number of hydrogen-bond donors (Lipinski definition) is 1. The predicted octanol–water partition coefficient (Wildman–Crippen LogP) is 3.04. The Hall–Kier alpha value is -0.240. The lowest BCUT2D eigenvalue weighted by atomic mass is 9.48. The Balaban J connectivity index is 1.89. The van der Waals surface area contributed by atoms with Crippen LogP contribution in [0, 0.1) is 17.3 Å². The predicted molar refractivity (Wildman–Crippen MR) is 58.0 cm³/mol. The van der Waals surface area contributed by atoms with E-state index < -0.39 is 5.97 Å². The van der Waals surface area contributed by atoms with E-state index in [9.17, 15) is 4.79 Å². The van der Waals surface area contributed by atoms with Crippen molar-refractivity contribution in [3.05, 3.63) is 0 Å². The van der Waals surface area contributed by atoms with Crippen molar-refractivity contribution in [1.29, 1.82) is 0 Å². The van der Waals surface area contributed by atoms with Crippen LogP contribution < -0.4 is 0 Å². The van der Waals surface area contributed by atoms with Crippen molar-refractivity contribution in [2.24, 2.45) is 17.3 Å². The minimum atomic E-state index is -0.641. The van der Waals surface area contributed by atoms with E-state index in [4.69, 9.17) is 16.7 Å². The topological polar surface area (TPSA) is 37.3 Å². The molecular formula is C12H17ClO2. The highest BCUT2D eigenvalue weighted by molar-refractivity contribution is 6.24. The van der Waals surface area contributed by atoms with Crippen molar-refractivity contribution in [2.75, 3.05) is 0 Å². The maximum atomic E-state index is 10.9. The normalized spacial score (nSPS) is 52.1. The van der Waals surface area contributed by atoms with Gasteiger partial charge in [-0.25, -0.2) is 0 Å². The van der Waals surface area contributed by atoms with Gasteiger partial charge in [0.2, 0.25) is 0 Å². The fourth-order valence-electron chi connectivity index (χ4n) is 4.86. The molecule has 4 bridgehead atoms. The number of alkyl halides is 1. The molecule has 15 heavy (non-hydrogen) atoms. The van der Waals surface area contributed by atoms with E-state index in [1.54, 1.807) is 0 Å². The van der Waals surface area contributed by atoms with Crippen LogP contribution in [-0.2, 0) is 4.79 Å². The summed E-state index contributed by atoms with van der Waals surface area (Å²) in [6.07, 6.45) is 7.08. The molecule has 0 aromatic rings. The summed E-state index contributed by atoms with van der Waals surface area (Å²) in [7, 11) is 0. The Bertz CT molecular complexity index is 299. The van der Waals surface area contributed by atoms with Gasteiger partial charge in [0.05, 0.1) is 6.42 Å². The minimum absolute atomic E-state index is 0.0421. The summed E-state index contributed by atoms with van der Waals surface area (Å²) < 4.78 is 0. The van der Waals surface area contributed by atoms with Crippen LogP contribution in [0.4, 0.5) is 0 Å². The van der Waals surface area contributed by atoms with Crippen molar-refractivity contribution in [3.8, 4) is 0 Å². The van der Waals surface area contributed by atoms with Crippen LogP contribution in [0.5, 0.6) is 0 Å². The third-order valence-corrected chi connectivity index (χ3v) is 5.08. The Morgan fingerprint density at radius 2 is 1.87 bits per heavy atom. The Morgan fingerprint density at radius 3 is 2.33 bits per heavy atom. The maximum absolute atomic E-state index is 10.9. The number of hydrogen-bond acceptors (Lipinski definition) is 1. The van der Waals surface area contributed by atoms with Gasteiger partial charge < -0.3 is 5.11 Å². The molecule has 0 radical (unpaired) electrons.